The standard InChI is InChI=1S/C20H25N5O2/c1-13-16(14(2)24(3)23-13)7-9-19(26)22-17-12-15(20(21)27)6-8-18(17)25-10-4-5-11-25/h6-9,12H,4-5,10-11H2,1-3H3,(H2,21,27)(H,22,26). The number of hydrogen-bond acceptors (Lipinski definition) is 4. The first-order chi connectivity index (χ1) is 12.9. The highest BCUT2D eigenvalue weighted by molar-refractivity contribution is 6.05. The lowest BCUT2D eigenvalue weighted by atomic mass is 10.1. The van der Waals surface area contributed by atoms with E-state index in [1.807, 2.05) is 27.0 Å². The highest BCUT2D eigenvalue weighted by Gasteiger charge is 2.18. The second-order valence-electron chi connectivity index (χ2n) is 6.82. The average Bonchev–Trinajstić information content (AvgIpc) is 3.23. The number of hydrogen-bond donors (Lipinski definition) is 2. The largest absolute Gasteiger partial charge is 0.370 e. The van der Waals surface area contributed by atoms with Crippen LogP contribution in [0, 0.1) is 13.8 Å². The second kappa shape index (κ2) is 7.65. The number of nitrogens with one attached hydrogen (secondary N) is 1. The summed E-state index contributed by atoms with van der Waals surface area (Å²) in [6.07, 6.45) is 5.48. The third kappa shape index (κ3) is 4.02. The van der Waals surface area contributed by atoms with Gasteiger partial charge in [-0.05, 0) is 51.0 Å². The zero-order chi connectivity index (χ0) is 19.6. The molecule has 0 atom stereocenters. The molecule has 1 fully saturated rings. The summed E-state index contributed by atoms with van der Waals surface area (Å²) in [4.78, 5) is 26.2. The first kappa shape index (κ1) is 18.7. The molecular formula is C20H25N5O2. The second-order valence-corrected chi connectivity index (χ2v) is 6.82. The minimum atomic E-state index is -0.518. The van der Waals surface area contributed by atoms with Crippen LogP contribution in [0.4, 0.5) is 11.4 Å². The molecule has 0 saturated carbocycles. The van der Waals surface area contributed by atoms with Gasteiger partial charge in [0.05, 0.1) is 17.1 Å². The van der Waals surface area contributed by atoms with Crippen molar-refractivity contribution < 1.29 is 9.59 Å². The van der Waals surface area contributed by atoms with Crippen LogP contribution in [-0.4, -0.2) is 34.7 Å². The zero-order valence-electron chi connectivity index (χ0n) is 16.0. The maximum atomic E-state index is 12.5. The van der Waals surface area contributed by atoms with Gasteiger partial charge in [0.1, 0.15) is 0 Å². The van der Waals surface area contributed by atoms with Gasteiger partial charge >= 0.3 is 0 Å². The Morgan fingerprint density at radius 3 is 2.52 bits per heavy atom. The molecule has 2 heterocycles. The summed E-state index contributed by atoms with van der Waals surface area (Å²) in [7, 11) is 1.87. The van der Waals surface area contributed by atoms with E-state index in [-0.39, 0.29) is 5.91 Å². The fourth-order valence-corrected chi connectivity index (χ4v) is 3.39. The smallest absolute Gasteiger partial charge is 0.248 e. The van der Waals surface area contributed by atoms with Gasteiger partial charge in [-0.3, -0.25) is 14.3 Å². The topological polar surface area (TPSA) is 93.2 Å². The predicted molar refractivity (Wildman–Crippen MR) is 107 cm³/mol. The molecule has 3 rings (SSSR count). The van der Waals surface area contributed by atoms with Crippen LogP contribution in [0.2, 0.25) is 0 Å². The van der Waals surface area contributed by atoms with Crippen molar-refractivity contribution in [3.63, 3.8) is 0 Å². The van der Waals surface area contributed by atoms with Crippen LogP contribution in [-0.2, 0) is 11.8 Å². The van der Waals surface area contributed by atoms with E-state index in [2.05, 4.69) is 15.3 Å². The molecule has 1 aliphatic heterocycles. The van der Waals surface area contributed by atoms with Crippen LogP contribution in [0.15, 0.2) is 24.3 Å². The molecule has 0 aliphatic carbocycles. The van der Waals surface area contributed by atoms with Crippen LogP contribution in [0.5, 0.6) is 0 Å². The van der Waals surface area contributed by atoms with E-state index in [0.717, 1.165) is 48.6 Å². The molecule has 0 radical (unpaired) electrons. The molecule has 7 nitrogen and oxygen atoms in total. The SMILES string of the molecule is Cc1nn(C)c(C)c1C=CC(=O)Nc1cc(C(N)=O)ccc1N1CCCC1. The van der Waals surface area contributed by atoms with E-state index in [0.29, 0.717) is 11.3 Å². The summed E-state index contributed by atoms with van der Waals surface area (Å²) in [5.74, 6) is -0.782. The van der Waals surface area contributed by atoms with Crippen LogP contribution < -0.4 is 16.0 Å². The van der Waals surface area contributed by atoms with Gasteiger partial charge in [0, 0.05) is 43.0 Å². The predicted octanol–water partition coefficient (Wildman–Crippen LogP) is 2.39. The highest BCUT2D eigenvalue weighted by atomic mass is 16.1. The summed E-state index contributed by atoms with van der Waals surface area (Å²) >= 11 is 0. The molecule has 0 bridgehead atoms. The van der Waals surface area contributed by atoms with Crippen molar-refractivity contribution in [2.45, 2.75) is 26.7 Å². The molecule has 1 aromatic carbocycles. The Hall–Kier alpha value is -3.09. The molecule has 1 saturated heterocycles. The van der Waals surface area contributed by atoms with Crippen molar-refractivity contribution in [2.75, 3.05) is 23.3 Å². The van der Waals surface area contributed by atoms with Crippen molar-refractivity contribution in [1.29, 1.82) is 0 Å². The van der Waals surface area contributed by atoms with Crippen molar-refractivity contribution in [1.82, 2.24) is 9.78 Å². The van der Waals surface area contributed by atoms with Gasteiger partial charge in [-0.1, -0.05) is 0 Å². The lowest BCUT2D eigenvalue weighted by Gasteiger charge is -2.21. The molecule has 0 spiro atoms. The Labute approximate surface area is 158 Å². The molecule has 142 valence electrons. The minimum Gasteiger partial charge on any atom is -0.370 e. The average molecular weight is 367 g/mol. The van der Waals surface area contributed by atoms with Gasteiger partial charge in [0.2, 0.25) is 11.8 Å². The number of anilines is 2. The van der Waals surface area contributed by atoms with Crippen molar-refractivity contribution >= 4 is 29.3 Å². The van der Waals surface area contributed by atoms with Crippen LogP contribution in [0.1, 0.15) is 40.2 Å². The van der Waals surface area contributed by atoms with E-state index in [9.17, 15) is 9.59 Å². The number of carbonyl (C=O) groups excluding carboxylic acids is 2. The van der Waals surface area contributed by atoms with Crippen molar-refractivity contribution in [3.8, 4) is 0 Å². The Morgan fingerprint density at radius 1 is 1.22 bits per heavy atom. The molecular weight excluding hydrogens is 342 g/mol. The van der Waals surface area contributed by atoms with E-state index < -0.39 is 5.91 Å². The third-order valence-corrected chi connectivity index (χ3v) is 4.95. The normalized spacial score (nSPS) is 14.1. The van der Waals surface area contributed by atoms with Crippen LogP contribution in [0.3, 0.4) is 0 Å². The number of benzene rings is 1. The number of carbonyl (C=O) groups is 2. The molecule has 3 N–H and O–H groups in total. The van der Waals surface area contributed by atoms with E-state index in [4.69, 9.17) is 5.73 Å². The quantitative estimate of drug-likeness (QED) is 0.794. The number of amides is 2. The Bertz CT molecular complexity index is 907. The third-order valence-electron chi connectivity index (χ3n) is 4.95. The van der Waals surface area contributed by atoms with Crippen molar-refractivity contribution in [2.24, 2.45) is 12.8 Å². The lowest BCUT2D eigenvalue weighted by Crippen LogP contribution is -2.21. The van der Waals surface area contributed by atoms with Crippen LogP contribution in [0.25, 0.3) is 6.08 Å². The Morgan fingerprint density at radius 2 is 1.93 bits per heavy atom. The highest BCUT2D eigenvalue weighted by Crippen LogP contribution is 2.30. The number of nitrogens with two attached hydrogens (primary N) is 1. The number of aryl methyl sites for hydroxylation is 2. The summed E-state index contributed by atoms with van der Waals surface area (Å²) in [6.45, 7) is 5.73. The molecule has 1 aliphatic rings. The van der Waals surface area contributed by atoms with Gasteiger partial charge in [0.25, 0.3) is 0 Å². The monoisotopic (exact) mass is 367 g/mol. The van der Waals surface area contributed by atoms with Gasteiger partial charge < -0.3 is 16.0 Å². The maximum absolute atomic E-state index is 12.5. The number of rotatable bonds is 5. The van der Waals surface area contributed by atoms with E-state index in [1.165, 1.54) is 6.08 Å². The minimum absolute atomic E-state index is 0.264. The number of nitrogens with zero attached hydrogens (tertiary/aromatic N) is 3. The van der Waals surface area contributed by atoms with Gasteiger partial charge in [-0.2, -0.15) is 5.10 Å². The lowest BCUT2D eigenvalue weighted by molar-refractivity contribution is -0.111. The van der Waals surface area contributed by atoms with Gasteiger partial charge in [-0.25, -0.2) is 0 Å². The first-order valence-corrected chi connectivity index (χ1v) is 9.05. The molecule has 0 unspecified atom stereocenters. The fraction of sp³-hybridized carbons (Fsp3) is 0.350. The Balaban J connectivity index is 1.84. The maximum Gasteiger partial charge on any atom is 0.248 e. The Kier molecular flexibility index (Phi) is 5.30. The fourth-order valence-electron chi connectivity index (χ4n) is 3.39. The van der Waals surface area contributed by atoms with E-state index >= 15 is 0 Å². The first-order valence-electron chi connectivity index (χ1n) is 9.05. The van der Waals surface area contributed by atoms with Crippen molar-refractivity contribution in [3.05, 3.63) is 46.8 Å². The summed E-state index contributed by atoms with van der Waals surface area (Å²) in [5.41, 5.74) is 10.1. The van der Waals surface area contributed by atoms with Crippen LogP contribution >= 0.6 is 0 Å². The molecule has 2 aromatic rings. The van der Waals surface area contributed by atoms with Gasteiger partial charge in [0.15, 0.2) is 0 Å². The summed E-state index contributed by atoms with van der Waals surface area (Å²) < 4.78 is 1.79. The number of aromatic nitrogens is 2. The van der Waals surface area contributed by atoms with Gasteiger partial charge in [-0.15, -0.1) is 0 Å². The molecule has 2 amide bonds. The summed E-state index contributed by atoms with van der Waals surface area (Å²) in [6, 6.07) is 5.19. The molecule has 27 heavy (non-hydrogen) atoms. The number of primary amides is 1. The molecule has 1 aromatic heterocycles. The van der Waals surface area contributed by atoms with E-state index in [1.54, 1.807) is 22.9 Å². The zero-order valence-corrected chi connectivity index (χ0v) is 16.0. The molecule has 7 heteroatoms. The summed E-state index contributed by atoms with van der Waals surface area (Å²) in [5, 5.41) is 7.24.